The van der Waals surface area contributed by atoms with Gasteiger partial charge in [-0.2, -0.15) is 0 Å². The van der Waals surface area contributed by atoms with Crippen molar-refractivity contribution in [3.63, 3.8) is 0 Å². The first kappa shape index (κ1) is 13.5. The van der Waals surface area contributed by atoms with Gasteiger partial charge >= 0.3 is 0 Å². The van der Waals surface area contributed by atoms with Gasteiger partial charge in [0.2, 0.25) is 0 Å². The molecule has 1 unspecified atom stereocenters. The molecule has 1 aliphatic rings. The summed E-state index contributed by atoms with van der Waals surface area (Å²) in [5.41, 5.74) is 4.00. The molecule has 0 spiro atoms. The van der Waals surface area contributed by atoms with Gasteiger partial charge in [-0.3, -0.25) is 0 Å². The van der Waals surface area contributed by atoms with E-state index in [4.69, 9.17) is 4.74 Å². The first-order valence-corrected chi connectivity index (χ1v) is 7.72. The third kappa shape index (κ3) is 2.83. The Morgan fingerprint density at radius 1 is 1.15 bits per heavy atom. The Labute approximate surface area is 128 Å². The van der Waals surface area contributed by atoms with Gasteiger partial charge in [0.05, 0.1) is 12.8 Å². The van der Waals surface area contributed by atoms with E-state index in [1.807, 2.05) is 18.2 Å². The van der Waals surface area contributed by atoms with Crippen LogP contribution in [0.15, 0.2) is 46.9 Å². The van der Waals surface area contributed by atoms with Gasteiger partial charge in [-0.15, -0.1) is 0 Å². The number of aryl methyl sites for hydroxylation is 1. The Bertz CT molecular complexity index is 612. The molecule has 20 heavy (non-hydrogen) atoms. The fraction of sp³-hybridized carbons (Fsp3) is 0.294. The number of benzene rings is 2. The highest BCUT2D eigenvalue weighted by Crippen LogP contribution is 2.29. The van der Waals surface area contributed by atoms with E-state index >= 15 is 0 Å². The summed E-state index contributed by atoms with van der Waals surface area (Å²) in [6.07, 6.45) is 3.35. The van der Waals surface area contributed by atoms with E-state index in [-0.39, 0.29) is 0 Å². The van der Waals surface area contributed by atoms with Crippen LogP contribution in [-0.4, -0.2) is 13.2 Å². The van der Waals surface area contributed by atoms with Crippen molar-refractivity contribution in [1.82, 2.24) is 0 Å². The maximum absolute atomic E-state index is 5.40. The van der Waals surface area contributed by atoms with Crippen molar-refractivity contribution in [3.05, 3.63) is 58.1 Å². The van der Waals surface area contributed by atoms with Crippen molar-refractivity contribution in [2.45, 2.75) is 25.3 Å². The van der Waals surface area contributed by atoms with Crippen LogP contribution < -0.4 is 10.1 Å². The van der Waals surface area contributed by atoms with Crippen LogP contribution in [0.1, 0.15) is 17.5 Å². The Morgan fingerprint density at radius 3 is 2.85 bits per heavy atom. The molecule has 0 aromatic heterocycles. The molecule has 0 aliphatic heterocycles. The number of hydrogen-bond acceptors (Lipinski definition) is 2. The quantitative estimate of drug-likeness (QED) is 0.898. The number of hydrogen-bond donors (Lipinski definition) is 1. The second-order valence-corrected chi connectivity index (χ2v) is 6.11. The number of ether oxygens (including phenoxy) is 1. The number of methoxy groups -OCH3 is 1. The summed E-state index contributed by atoms with van der Waals surface area (Å²) in [7, 11) is 1.72. The number of nitrogens with one attached hydrogen (secondary N) is 1. The molecule has 0 heterocycles. The Morgan fingerprint density at radius 2 is 2.00 bits per heavy atom. The van der Waals surface area contributed by atoms with Crippen LogP contribution in [0.25, 0.3) is 0 Å². The number of halogens is 1. The molecule has 0 saturated carbocycles. The molecule has 0 fully saturated rings. The normalized spacial score (nSPS) is 17.4. The van der Waals surface area contributed by atoms with Gasteiger partial charge in [0.15, 0.2) is 0 Å². The second-order valence-electron chi connectivity index (χ2n) is 5.20. The standard InChI is InChI=1S/C17H18BrNO/c1-20-17-5-3-2-4-16(17)19-15-9-7-12-10-14(18)8-6-13(12)11-15/h2-6,8,10,15,19H,7,9,11H2,1H3. The van der Waals surface area contributed by atoms with Crippen molar-refractivity contribution in [3.8, 4) is 5.75 Å². The van der Waals surface area contributed by atoms with Crippen molar-refractivity contribution < 1.29 is 4.74 Å². The molecule has 3 heteroatoms. The van der Waals surface area contributed by atoms with Crippen LogP contribution in [0, 0.1) is 0 Å². The van der Waals surface area contributed by atoms with E-state index in [0.717, 1.165) is 30.7 Å². The molecule has 1 atom stereocenters. The zero-order chi connectivity index (χ0) is 13.9. The molecule has 1 aliphatic carbocycles. The summed E-state index contributed by atoms with van der Waals surface area (Å²) in [5, 5.41) is 3.62. The van der Waals surface area contributed by atoms with Gasteiger partial charge in [0.25, 0.3) is 0 Å². The monoisotopic (exact) mass is 331 g/mol. The zero-order valence-electron chi connectivity index (χ0n) is 11.5. The number of rotatable bonds is 3. The fourth-order valence-corrected chi connectivity index (χ4v) is 3.24. The summed E-state index contributed by atoms with van der Waals surface area (Å²) < 4.78 is 6.58. The lowest BCUT2D eigenvalue weighted by atomic mass is 9.88. The number of anilines is 1. The first-order chi connectivity index (χ1) is 9.76. The molecule has 3 rings (SSSR count). The third-order valence-electron chi connectivity index (χ3n) is 3.86. The second kappa shape index (κ2) is 5.88. The van der Waals surface area contributed by atoms with Crippen molar-refractivity contribution in [2.24, 2.45) is 0 Å². The number of para-hydroxylation sites is 2. The van der Waals surface area contributed by atoms with Gasteiger partial charge < -0.3 is 10.1 Å². The largest absolute Gasteiger partial charge is 0.495 e. The minimum absolute atomic E-state index is 0.472. The Balaban J connectivity index is 1.76. The Hall–Kier alpha value is -1.48. The maximum Gasteiger partial charge on any atom is 0.141 e. The van der Waals surface area contributed by atoms with Gasteiger partial charge in [-0.05, 0) is 54.7 Å². The molecule has 2 nitrogen and oxygen atoms in total. The maximum atomic E-state index is 5.40. The minimum Gasteiger partial charge on any atom is -0.495 e. The topological polar surface area (TPSA) is 21.3 Å². The SMILES string of the molecule is COc1ccccc1NC1CCc2cc(Br)ccc2C1. The lowest BCUT2D eigenvalue weighted by molar-refractivity contribution is 0.415. The molecule has 0 amide bonds. The van der Waals surface area contributed by atoms with Crippen LogP contribution in [0.5, 0.6) is 5.75 Å². The summed E-state index contributed by atoms with van der Waals surface area (Å²) in [6.45, 7) is 0. The molecule has 2 aromatic carbocycles. The molecule has 1 N–H and O–H groups in total. The molecule has 2 aromatic rings. The average Bonchev–Trinajstić information content (AvgIpc) is 2.48. The summed E-state index contributed by atoms with van der Waals surface area (Å²) in [5.74, 6) is 0.911. The van der Waals surface area contributed by atoms with E-state index < -0.39 is 0 Å². The molecule has 104 valence electrons. The Kier molecular flexibility index (Phi) is 3.97. The molecular formula is C17H18BrNO. The van der Waals surface area contributed by atoms with Crippen LogP contribution in [0.2, 0.25) is 0 Å². The van der Waals surface area contributed by atoms with Crippen molar-refractivity contribution >= 4 is 21.6 Å². The van der Waals surface area contributed by atoms with E-state index in [2.05, 4.69) is 45.5 Å². The van der Waals surface area contributed by atoms with E-state index in [1.165, 1.54) is 15.6 Å². The molecule has 0 saturated heterocycles. The lowest BCUT2D eigenvalue weighted by Gasteiger charge is -2.27. The molecule has 0 radical (unpaired) electrons. The molecule has 0 bridgehead atoms. The summed E-state index contributed by atoms with van der Waals surface area (Å²) >= 11 is 3.55. The van der Waals surface area contributed by atoms with Gasteiger partial charge in [0.1, 0.15) is 5.75 Å². The van der Waals surface area contributed by atoms with Crippen LogP contribution in [0.4, 0.5) is 5.69 Å². The van der Waals surface area contributed by atoms with Crippen LogP contribution in [-0.2, 0) is 12.8 Å². The smallest absolute Gasteiger partial charge is 0.141 e. The lowest BCUT2D eigenvalue weighted by Crippen LogP contribution is -2.27. The highest BCUT2D eigenvalue weighted by atomic mass is 79.9. The van der Waals surface area contributed by atoms with Gasteiger partial charge in [-0.1, -0.05) is 34.1 Å². The first-order valence-electron chi connectivity index (χ1n) is 6.93. The highest BCUT2D eigenvalue weighted by Gasteiger charge is 2.19. The number of fused-ring (bicyclic) bond motifs is 1. The third-order valence-corrected chi connectivity index (χ3v) is 4.36. The highest BCUT2D eigenvalue weighted by molar-refractivity contribution is 9.10. The van der Waals surface area contributed by atoms with E-state index in [1.54, 1.807) is 7.11 Å². The van der Waals surface area contributed by atoms with Gasteiger partial charge in [-0.25, -0.2) is 0 Å². The van der Waals surface area contributed by atoms with Crippen molar-refractivity contribution in [2.75, 3.05) is 12.4 Å². The van der Waals surface area contributed by atoms with E-state index in [9.17, 15) is 0 Å². The summed E-state index contributed by atoms with van der Waals surface area (Å²) in [4.78, 5) is 0. The predicted molar refractivity (Wildman–Crippen MR) is 86.6 cm³/mol. The van der Waals surface area contributed by atoms with E-state index in [0.29, 0.717) is 6.04 Å². The predicted octanol–water partition coefficient (Wildman–Crippen LogP) is 4.43. The fourth-order valence-electron chi connectivity index (χ4n) is 2.83. The van der Waals surface area contributed by atoms with Gasteiger partial charge in [0, 0.05) is 10.5 Å². The van der Waals surface area contributed by atoms with Crippen molar-refractivity contribution in [1.29, 1.82) is 0 Å². The summed E-state index contributed by atoms with van der Waals surface area (Å²) in [6, 6.07) is 15.2. The molecular weight excluding hydrogens is 314 g/mol. The minimum atomic E-state index is 0.472. The average molecular weight is 332 g/mol. The zero-order valence-corrected chi connectivity index (χ0v) is 13.1. The van der Waals surface area contributed by atoms with Crippen LogP contribution >= 0.6 is 15.9 Å². The van der Waals surface area contributed by atoms with Crippen LogP contribution in [0.3, 0.4) is 0 Å².